The molecular formula is C10H12N2O4. The number of aliphatic hydroxyl groups is 1. The first-order valence-corrected chi connectivity index (χ1v) is 4.78. The summed E-state index contributed by atoms with van der Waals surface area (Å²) in [6.07, 6.45) is -0.718. The third-order valence-corrected chi connectivity index (χ3v) is 2.78. The number of aliphatic hydroxyl groups excluding tert-OH is 1. The summed E-state index contributed by atoms with van der Waals surface area (Å²) in [4.78, 5) is 12.0. The molecule has 0 aliphatic carbocycles. The molecule has 1 aromatic carbocycles. The van der Waals surface area contributed by atoms with E-state index >= 15 is 0 Å². The van der Waals surface area contributed by atoms with E-state index in [2.05, 4.69) is 0 Å². The van der Waals surface area contributed by atoms with Gasteiger partial charge >= 0.3 is 5.69 Å². The molecule has 0 bridgehead atoms. The predicted octanol–water partition coefficient (Wildman–Crippen LogP) is 1.04. The lowest BCUT2D eigenvalue weighted by atomic mass is 10.1. The van der Waals surface area contributed by atoms with Crippen LogP contribution >= 0.6 is 0 Å². The number of nitro benzene ring substituents is 1. The number of nitro groups is 1. The molecule has 6 heteroatoms. The maximum absolute atomic E-state index is 10.8. The molecule has 0 spiro atoms. The SMILES string of the molecule is COc1c([N+](=O)[O-])ccc2c1CN(C)C2O. The van der Waals surface area contributed by atoms with Gasteiger partial charge in [0.25, 0.3) is 0 Å². The number of rotatable bonds is 2. The average Bonchev–Trinajstić information content (AvgIpc) is 2.54. The van der Waals surface area contributed by atoms with Crippen molar-refractivity contribution in [2.45, 2.75) is 12.8 Å². The summed E-state index contributed by atoms with van der Waals surface area (Å²) in [6, 6.07) is 2.93. The summed E-state index contributed by atoms with van der Waals surface area (Å²) >= 11 is 0. The Balaban J connectivity index is 2.60. The third-order valence-electron chi connectivity index (χ3n) is 2.78. The Morgan fingerprint density at radius 3 is 2.88 bits per heavy atom. The van der Waals surface area contributed by atoms with Crippen LogP contribution in [0.5, 0.6) is 5.75 Å². The van der Waals surface area contributed by atoms with E-state index in [1.165, 1.54) is 13.2 Å². The van der Waals surface area contributed by atoms with Crippen molar-refractivity contribution in [3.8, 4) is 5.75 Å². The molecular weight excluding hydrogens is 212 g/mol. The second kappa shape index (κ2) is 3.73. The first-order chi connectivity index (χ1) is 7.56. The van der Waals surface area contributed by atoms with E-state index in [-0.39, 0.29) is 11.4 Å². The molecule has 1 heterocycles. The minimum absolute atomic E-state index is 0.0660. The average molecular weight is 224 g/mol. The van der Waals surface area contributed by atoms with Crippen molar-refractivity contribution in [3.05, 3.63) is 33.4 Å². The smallest absolute Gasteiger partial charge is 0.311 e. The molecule has 2 rings (SSSR count). The summed E-state index contributed by atoms with van der Waals surface area (Å²) in [6.45, 7) is 0.446. The van der Waals surface area contributed by atoms with Gasteiger partial charge in [-0.15, -0.1) is 0 Å². The molecule has 1 N–H and O–H groups in total. The van der Waals surface area contributed by atoms with Crippen molar-refractivity contribution < 1.29 is 14.8 Å². The highest BCUT2D eigenvalue weighted by molar-refractivity contribution is 5.56. The summed E-state index contributed by atoms with van der Waals surface area (Å²) in [5.41, 5.74) is 1.29. The van der Waals surface area contributed by atoms with Gasteiger partial charge in [0, 0.05) is 23.7 Å². The number of hydrogen-bond acceptors (Lipinski definition) is 5. The van der Waals surface area contributed by atoms with Crippen LogP contribution < -0.4 is 4.74 Å². The molecule has 1 aromatic rings. The van der Waals surface area contributed by atoms with Crippen molar-refractivity contribution in [2.24, 2.45) is 0 Å². The largest absolute Gasteiger partial charge is 0.490 e. The van der Waals surface area contributed by atoms with Gasteiger partial charge < -0.3 is 9.84 Å². The van der Waals surface area contributed by atoms with Crippen molar-refractivity contribution in [1.82, 2.24) is 4.90 Å². The van der Waals surface area contributed by atoms with E-state index in [0.717, 1.165) is 0 Å². The maximum atomic E-state index is 10.8. The fourth-order valence-corrected chi connectivity index (χ4v) is 1.98. The summed E-state index contributed by atoms with van der Waals surface area (Å²) in [5.74, 6) is 0.242. The number of benzene rings is 1. The van der Waals surface area contributed by atoms with Crippen molar-refractivity contribution in [2.75, 3.05) is 14.2 Å². The Bertz CT molecular complexity index is 447. The number of nitrogens with zero attached hydrogens (tertiary/aromatic N) is 2. The Hall–Kier alpha value is -1.66. The Morgan fingerprint density at radius 1 is 1.62 bits per heavy atom. The van der Waals surface area contributed by atoms with E-state index in [0.29, 0.717) is 17.7 Å². The van der Waals surface area contributed by atoms with Crippen LogP contribution in [0.2, 0.25) is 0 Å². The first kappa shape index (κ1) is 10.8. The van der Waals surface area contributed by atoms with Crippen molar-refractivity contribution in [3.63, 3.8) is 0 Å². The molecule has 1 atom stereocenters. The van der Waals surface area contributed by atoms with E-state index in [4.69, 9.17) is 4.74 Å². The monoisotopic (exact) mass is 224 g/mol. The molecule has 1 unspecified atom stereocenters. The van der Waals surface area contributed by atoms with E-state index in [1.54, 1.807) is 18.0 Å². The summed E-state index contributed by atoms with van der Waals surface area (Å²) in [5, 5.41) is 20.6. The number of fused-ring (bicyclic) bond motifs is 1. The van der Waals surface area contributed by atoms with Gasteiger partial charge in [0.1, 0.15) is 6.23 Å². The molecule has 0 aromatic heterocycles. The van der Waals surface area contributed by atoms with Gasteiger partial charge in [-0.1, -0.05) is 0 Å². The van der Waals surface area contributed by atoms with Crippen LogP contribution in [-0.4, -0.2) is 29.1 Å². The molecule has 6 nitrogen and oxygen atoms in total. The summed E-state index contributed by atoms with van der Waals surface area (Å²) in [7, 11) is 3.14. The van der Waals surface area contributed by atoms with Gasteiger partial charge in [-0.25, -0.2) is 0 Å². The van der Waals surface area contributed by atoms with E-state index < -0.39 is 11.2 Å². The zero-order valence-electron chi connectivity index (χ0n) is 9.01. The van der Waals surface area contributed by atoms with Crippen molar-refractivity contribution in [1.29, 1.82) is 0 Å². The van der Waals surface area contributed by atoms with Crippen LogP contribution in [0.4, 0.5) is 5.69 Å². The quantitative estimate of drug-likeness (QED) is 0.600. The summed E-state index contributed by atoms with van der Waals surface area (Å²) < 4.78 is 5.07. The van der Waals surface area contributed by atoms with Crippen LogP contribution in [0.15, 0.2) is 12.1 Å². The van der Waals surface area contributed by atoms with Crippen LogP contribution in [0.1, 0.15) is 17.4 Å². The highest BCUT2D eigenvalue weighted by Crippen LogP contribution is 2.41. The Kier molecular flexibility index (Phi) is 2.53. The van der Waals surface area contributed by atoms with Crippen LogP contribution in [0, 0.1) is 10.1 Å². The highest BCUT2D eigenvalue weighted by atomic mass is 16.6. The lowest BCUT2D eigenvalue weighted by molar-refractivity contribution is -0.385. The molecule has 0 radical (unpaired) electrons. The molecule has 1 aliphatic rings. The van der Waals surface area contributed by atoms with Crippen LogP contribution in [0.3, 0.4) is 0 Å². The van der Waals surface area contributed by atoms with E-state index in [1.807, 2.05) is 0 Å². The van der Waals surface area contributed by atoms with Gasteiger partial charge in [0.15, 0.2) is 0 Å². The normalized spacial score (nSPS) is 19.6. The minimum Gasteiger partial charge on any atom is -0.490 e. The molecule has 16 heavy (non-hydrogen) atoms. The zero-order valence-corrected chi connectivity index (χ0v) is 9.01. The fraction of sp³-hybridized carbons (Fsp3) is 0.400. The Morgan fingerprint density at radius 2 is 2.31 bits per heavy atom. The maximum Gasteiger partial charge on any atom is 0.311 e. The molecule has 0 fully saturated rings. The second-order valence-corrected chi connectivity index (χ2v) is 3.73. The molecule has 0 saturated carbocycles. The van der Waals surface area contributed by atoms with Gasteiger partial charge in [-0.05, 0) is 13.1 Å². The van der Waals surface area contributed by atoms with Gasteiger partial charge in [0.05, 0.1) is 12.0 Å². The van der Waals surface area contributed by atoms with E-state index in [9.17, 15) is 15.2 Å². The highest BCUT2D eigenvalue weighted by Gasteiger charge is 2.32. The zero-order chi connectivity index (χ0) is 11.9. The van der Waals surface area contributed by atoms with Crippen LogP contribution in [0.25, 0.3) is 0 Å². The standard InChI is InChI=1S/C10H12N2O4/c1-11-5-7-6(10(11)13)3-4-8(12(14)15)9(7)16-2/h3-4,10,13H,5H2,1-2H3. The third kappa shape index (κ3) is 1.43. The Labute approximate surface area is 92.2 Å². The second-order valence-electron chi connectivity index (χ2n) is 3.73. The van der Waals surface area contributed by atoms with Crippen LogP contribution in [-0.2, 0) is 6.54 Å². The minimum atomic E-state index is -0.718. The van der Waals surface area contributed by atoms with Crippen molar-refractivity contribution >= 4 is 5.69 Å². The lowest BCUT2D eigenvalue weighted by Crippen LogP contribution is -2.15. The molecule has 86 valence electrons. The van der Waals surface area contributed by atoms with Gasteiger partial charge in [-0.3, -0.25) is 15.0 Å². The number of ether oxygens (including phenoxy) is 1. The van der Waals surface area contributed by atoms with Gasteiger partial charge in [0.2, 0.25) is 5.75 Å². The van der Waals surface area contributed by atoms with Gasteiger partial charge in [-0.2, -0.15) is 0 Å². The predicted molar refractivity (Wildman–Crippen MR) is 56.1 cm³/mol. The lowest BCUT2D eigenvalue weighted by Gasteiger charge is -2.12. The fourth-order valence-electron chi connectivity index (χ4n) is 1.98. The first-order valence-electron chi connectivity index (χ1n) is 4.78. The number of hydrogen-bond donors (Lipinski definition) is 1. The topological polar surface area (TPSA) is 75.8 Å². The molecule has 0 saturated heterocycles. The molecule has 1 aliphatic heterocycles. The number of methoxy groups -OCH3 is 1. The molecule has 0 amide bonds.